The molecular weight excluding hydrogens is 299 g/mol. The fourth-order valence-corrected chi connectivity index (χ4v) is 2.33. The van der Waals surface area contributed by atoms with E-state index in [1.165, 1.54) is 12.1 Å². The Labute approximate surface area is 128 Å². The van der Waals surface area contributed by atoms with E-state index in [-0.39, 0.29) is 12.4 Å². The van der Waals surface area contributed by atoms with Crippen molar-refractivity contribution in [3.05, 3.63) is 58.7 Å². The van der Waals surface area contributed by atoms with E-state index in [0.29, 0.717) is 6.54 Å². The number of alkyl halides is 3. The molecule has 0 amide bonds. The highest BCUT2D eigenvalue weighted by Crippen LogP contribution is 2.31. The minimum atomic E-state index is -4.30. The average Bonchev–Trinajstić information content (AvgIpc) is 2.37. The van der Waals surface area contributed by atoms with Gasteiger partial charge in [-0.25, -0.2) is 0 Å². The molecule has 0 saturated heterocycles. The van der Waals surface area contributed by atoms with Crippen molar-refractivity contribution in [2.75, 3.05) is 0 Å². The zero-order chi connectivity index (χ0) is 14.9. The molecule has 2 aromatic rings. The number of halogens is 4. The molecule has 114 valence electrons. The summed E-state index contributed by atoms with van der Waals surface area (Å²) in [4.78, 5) is 0. The second-order valence-electron chi connectivity index (χ2n) is 4.87. The second-order valence-corrected chi connectivity index (χ2v) is 4.87. The first-order valence-corrected chi connectivity index (χ1v) is 6.30. The molecule has 2 rings (SSSR count). The third kappa shape index (κ3) is 3.77. The molecule has 0 bridgehead atoms. The van der Waals surface area contributed by atoms with E-state index < -0.39 is 11.7 Å². The predicted molar refractivity (Wildman–Crippen MR) is 81.5 cm³/mol. The first kappa shape index (κ1) is 17.5. The maximum absolute atomic E-state index is 12.5. The van der Waals surface area contributed by atoms with Crippen LogP contribution in [0, 0.1) is 13.8 Å². The number of hydrogen-bond acceptors (Lipinski definition) is 1. The lowest BCUT2D eigenvalue weighted by Crippen LogP contribution is -2.04. The average molecular weight is 316 g/mol. The van der Waals surface area contributed by atoms with E-state index >= 15 is 0 Å². The molecule has 0 atom stereocenters. The molecule has 0 saturated carbocycles. The van der Waals surface area contributed by atoms with Gasteiger partial charge in [0.1, 0.15) is 0 Å². The van der Waals surface area contributed by atoms with E-state index in [9.17, 15) is 13.2 Å². The Morgan fingerprint density at radius 1 is 0.905 bits per heavy atom. The van der Waals surface area contributed by atoms with Gasteiger partial charge in [-0.15, -0.1) is 12.4 Å². The molecule has 2 N–H and O–H groups in total. The second kappa shape index (κ2) is 6.50. The fourth-order valence-electron chi connectivity index (χ4n) is 2.33. The van der Waals surface area contributed by atoms with E-state index in [1.807, 2.05) is 26.0 Å². The molecule has 0 aliphatic heterocycles. The molecule has 0 aromatic heterocycles. The molecule has 21 heavy (non-hydrogen) atoms. The van der Waals surface area contributed by atoms with Crippen LogP contribution in [0.1, 0.15) is 22.3 Å². The van der Waals surface area contributed by atoms with Crippen LogP contribution in [0.15, 0.2) is 36.4 Å². The third-order valence-electron chi connectivity index (χ3n) is 3.45. The van der Waals surface area contributed by atoms with Crippen LogP contribution in [0.4, 0.5) is 13.2 Å². The summed E-state index contributed by atoms with van der Waals surface area (Å²) in [6.45, 7) is 4.39. The van der Waals surface area contributed by atoms with Gasteiger partial charge in [0.25, 0.3) is 0 Å². The lowest BCUT2D eigenvalue weighted by Gasteiger charge is -2.12. The van der Waals surface area contributed by atoms with Crippen LogP contribution in [0.25, 0.3) is 11.1 Å². The molecule has 2 aromatic carbocycles. The molecule has 0 spiro atoms. The Morgan fingerprint density at radius 2 is 1.38 bits per heavy atom. The van der Waals surface area contributed by atoms with Crippen LogP contribution >= 0.6 is 12.4 Å². The maximum Gasteiger partial charge on any atom is 0.416 e. The van der Waals surface area contributed by atoms with E-state index in [4.69, 9.17) is 5.73 Å². The molecule has 0 unspecified atom stereocenters. The minimum Gasteiger partial charge on any atom is -0.326 e. The van der Waals surface area contributed by atoms with Gasteiger partial charge in [0.05, 0.1) is 5.56 Å². The molecule has 1 nitrogen and oxygen atoms in total. The highest BCUT2D eigenvalue weighted by molar-refractivity contribution is 5.85. The summed E-state index contributed by atoms with van der Waals surface area (Å²) in [7, 11) is 0. The number of benzene rings is 2. The van der Waals surface area contributed by atoms with Crippen molar-refractivity contribution in [3.8, 4) is 11.1 Å². The van der Waals surface area contributed by atoms with Crippen molar-refractivity contribution in [2.24, 2.45) is 5.73 Å². The van der Waals surface area contributed by atoms with Gasteiger partial charge < -0.3 is 5.73 Å². The summed E-state index contributed by atoms with van der Waals surface area (Å²) in [6, 6.07) is 9.13. The van der Waals surface area contributed by atoms with Crippen LogP contribution in [-0.4, -0.2) is 0 Å². The number of aryl methyl sites for hydroxylation is 2. The van der Waals surface area contributed by atoms with E-state index in [1.54, 1.807) is 0 Å². The maximum atomic E-state index is 12.5. The zero-order valence-corrected chi connectivity index (χ0v) is 12.6. The Balaban J connectivity index is 0.00000220. The molecule has 5 heteroatoms. The van der Waals surface area contributed by atoms with Gasteiger partial charge >= 0.3 is 6.18 Å². The van der Waals surface area contributed by atoms with Gasteiger partial charge in [0.2, 0.25) is 0 Å². The third-order valence-corrected chi connectivity index (χ3v) is 3.45. The monoisotopic (exact) mass is 315 g/mol. The van der Waals surface area contributed by atoms with Crippen LogP contribution in [-0.2, 0) is 12.7 Å². The summed E-state index contributed by atoms with van der Waals surface area (Å²) < 4.78 is 37.6. The van der Waals surface area contributed by atoms with Gasteiger partial charge in [-0.2, -0.15) is 13.2 Å². The van der Waals surface area contributed by atoms with Gasteiger partial charge in [-0.3, -0.25) is 0 Å². The van der Waals surface area contributed by atoms with Gasteiger partial charge in [-0.05, 0) is 53.8 Å². The number of nitrogens with two attached hydrogens (primary N) is 1. The number of rotatable bonds is 2. The lowest BCUT2D eigenvalue weighted by molar-refractivity contribution is -0.137. The minimum absolute atomic E-state index is 0. The molecule has 0 fully saturated rings. The van der Waals surface area contributed by atoms with Crippen molar-refractivity contribution in [1.82, 2.24) is 0 Å². The van der Waals surface area contributed by atoms with Crippen LogP contribution in [0.2, 0.25) is 0 Å². The normalized spacial score (nSPS) is 11.1. The van der Waals surface area contributed by atoms with Gasteiger partial charge in [0.15, 0.2) is 0 Å². The van der Waals surface area contributed by atoms with Crippen molar-refractivity contribution in [3.63, 3.8) is 0 Å². The Morgan fingerprint density at radius 3 is 1.76 bits per heavy atom. The standard InChI is InChI=1S/C16H16F3N.ClH/c1-10-7-13(8-11(2)15(10)9-20)12-3-5-14(6-4-12)16(17,18)19;/h3-8H,9,20H2,1-2H3;1H. The Bertz CT molecular complexity index is 595. The topological polar surface area (TPSA) is 26.0 Å². The summed E-state index contributed by atoms with van der Waals surface area (Å²) in [5.41, 5.74) is 9.93. The first-order valence-electron chi connectivity index (χ1n) is 6.30. The molecule has 0 heterocycles. The molecule has 0 radical (unpaired) electrons. The van der Waals surface area contributed by atoms with Crippen LogP contribution in [0.5, 0.6) is 0 Å². The Kier molecular flexibility index (Phi) is 5.42. The van der Waals surface area contributed by atoms with Crippen molar-refractivity contribution >= 4 is 12.4 Å². The smallest absolute Gasteiger partial charge is 0.326 e. The summed E-state index contributed by atoms with van der Waals surface area (Å²) >= 11 is 0. The van der Waals surface area contributed by atoms with Gasteiger partial charge in [-0.1, -0.05) is 24.3 Å². The summed E-state index contributed by atoms with van der Waals surface area (Å²) in [6.07, 6.45) is -4.30. The van der Waals surface area contributed by atoms with Crippen LogP contribution < -0.4 is 5.73 Å². The zero-order valence-electron chi connectivity index (χ0n) is 11.8. The highest BCUT2D eigenvalue weighted by atomic mass is 35.5. The first-order chi connectivity index (χ1) is 9.32. The SMILES string of the molecule is Cc1cc(-c2ccc(C(F)(F)F)cc2)cc(C)c1CN.Cl. The van der Waals surface area contributed by atoms with Crippen molar-refractivity contribution in [2.45, 2.75) is 26.6 Å². The molecular formula is C16H17ClF3N. The molecule has 0 aliphatic rings. The highest BCUT2D eigenvalue weighted by Gasteiger charge is 2.29. The van der Waals surface area contributed by atoms with Crippen molar-refractivity contribution < 1.29 is 13.2 Å². The summed E-state index contributed by atoms with van der Waals surface area (Å²) in [5, 5.41) is 0. The fraction of sp³-hybridized carbons (Fsp3) is 0.250. The van der Waals surface area contributed by atoms with E-state index in [2.05, 4.69) is 0 Å². The molecule has 0 aliphatic carbocycles. The van der Waals surface area contributed by atoms with Gasteiger partial charge in [0, 0.05) is 6.54 Å². The Hall–Kier alpha value is -1.52. The largest absolute Gasteiger partial charge is 0.416 e. The summed E-state index contributed by atoms with van der Waals surface area (Å²) in [5.74, 6) is 0. The number of hydrogen-bond donors (Lipinski definition) is 1. The lowest BCUT2D eigenvalue weighted by atomic mass is 9.95. The van der Waals surface area contributed by atoms with E-state index in [0.717, 1.165) is 39.9 Å². The van der Waals surface area contributed by atoms with Crippen molar-refractivity contribution in [1.29, 1.82) is 0 Å². The predicted octanol–water partition coefficient (Wildman–Crippen LogP) is 4.87. The van der Waals surface area contributed by atoms with Crippen LogP contribution in [0.3, 0.4) is 0 Å². The quantitative estimate of drug-likeness (QED) is 0.840.